The van der Waals surface area contributed by atoms with Gasteiger partial charge >= 0.3 is 0 Å². The number of sulfonamides is 1. The van der Waals surface area contributed by atoms with E-state index in [2.05, 4.69) is 5.32 Å². The van der Waals surface area contributed by atoms with Crippen LogP contribution in [0.4, 0.5) is 10.1 Å². The minimum atomic E-state index is -3.89. The van der Waals surface area contributed by atoms with Gasteiger partial charge in [0, 0.05) is 13.1 Å². The number of hydrogen-bond acceptors (Lipinski definition) is 4. The van der Waals surface area contributed by atoms with Crippen molar-refractivity contribution in [3.05, 3.63) is 23.5 Å². The zero-order valence-corrected chi connectivity index (χ0v) is 12.0. The molecule has 20 heavy (non-hydrogen) atoms. The van der Waals surface area contributed by atoms with Gasteiger partial charge in [0.25, 0.3) is 0 Å². The molecule has 1 heterocycles. The highest BCUT2D eigenvalue weighted by Crippen LogP contribution is 2.26. The zero-order valence-electron chi connectivity index (χ0n) is 11.2. The summed E-state index contributed by atoms with van der Waals surface area (Å²) in [5.41, 5.74) is 5.47. The van der Waals surface area contributed by atoms with Gasteiger partial charge in [-0.2, -0.15) is 4.31 Å². The minimum absolute atomic E-state index is 0.0713. The van der Waals surface area contributed by atoms with E-state index in [9.17, 15) is 17.6 Å². The summed E-state index contributed by atoms with van der Waals surface area (Å²) in [7, 11) is -3.89. The van der Waals surface area contributed by atoms with Crippen molar-refractivity contribution in [2.45, 2.75) is 24.8 Å². The number of nitrogens with zero attached hydrogens (tertiary/aromatic N) is 1. The molecule has 0 radical (unpaired) electrons. The van der Waals surface area contributed by atoms with Gasteiger partial charge < -0.3 is 11.1 Å². The third kappa shape index (κ3) is 2.36. The van der Waals surface area contributed by atoms with Crippen molar-refractivity contribution in [2.75, 3.05) is 18.8 Å². The van der Waals surface area contributed by atoms with Crippen LogP contribution in [0.5, 0.6) is 0 Å². The summed E-state index contributed by atoms with van der Waals surface area (Å²) in [6, 6.07) is 1.37. The summed E-state index contributed by atoms with van der Waals surface area (Å²) in [5.74, 6) is -1.02. The van der Waals surface area contributed by atoms with Crippen molar-refractivity contribution in [3.8, 4) is 0 Å². The molecule has 1 atom stereocenters. The largest absolute Gasteiger partial charge is 0.396 e. The molecule has 1 unspecified atom stereocenters. The maximum atomic E-state index is 13.3. The van der Waals surface area contributed by atoms with Crippen LogP contribution in [-0.2, 0) is 14.8 Å². The number of halogens is 1. The molecular formula is C12H16FN3O3S. The first kappa shape index (κ1) is 14.7. The maximum Gasteiger partial charge on any atom is 0.244 e. The molecule has 0 bridgehead atoms. The van der Waals surface area contributed by atoms with Gasteiger partial charge in [-0.3, -0.25) is 4.79 Å². The summed E-state index contributed by atoms with van der Waals surface area (Å²) in [6.07, 6.45) is 0. The second-order valence-corrected chi connectivity index (χ2v) is 6.58. The molecule has 1 aromatic rings. The van der Waals surface area contributed by atoms with Crippen molar-refractivity contribution in [1.29, 1.82) is 0 Å². The standard InChI is InChI=1S/C12H16FN3O3S/c1-7-5-9(13)10(14)6-11(7)20(18,19)16-4-3-15-12(17)8(16)2/h5-6,8H,3-4,14H2,1-2H3,(H,15,17). The Hall–Kier alpha value is -1.67. The Kier molecular flexibility index (Phi) is 3.70. The number of nitrogens with one attached hydrogen (secondary N) is 1. The van der Waals surface area contributed by atoms with E-state index < -0.39 is 21.9 Å². The predicted molar refractivity (Wildman–Crippen MR) is 71.9 cm³/mol. The van der Waals surface area contributed by atoms with Gasteiger partial charge in [0.1, 0.15) is 11.9 Å². The van der Waals surface area contributed by atoms with E-state index in [0.717, 1.165) is 16.4 Å². The van der Waals surface area contributed by atoms with E-state index in [-0.39, 0.29) is 35.1 Å². The normalized spacial score (nSPS) is 20.8. The van der Waals surface area contributed by atoms with Crippen LogP contribution in [0.2, 0.25) is 0 Å². The number of carbonyl (C=O) groups excluding carboxylic acids is 1. The van der Waals surface area contributed by atoms with Crippen LogP contribution >= 0.6 is 0 Å². The Labute approximate surface area is 116 Å². The molecule has 1 aliphatic rings. The highest BCUT2D eigenvalue weighted by atomic mass is 32.2. The van der Waals surface area contributed by atoms with Crippen molar-refractivity contribution in [1.82, 2.24) is 9.62 Å². The van der Waals surface area contributed by atoms with E-state index in [1.165, 1.54) is 13.8 Å². The van der Waals surface area contributed by atoms with Gasteiger partial charge in [0.15, 0.2) is 0 Å². The van der Waals surface area contributed by atoms with Gasteiger partial charge in [-0.1, -0.05) is 0 Å². The van der Waals surface area contributed by atoms with Crippen molar-refractivity contribution in [3.63, 3.8) is 0 Å². The summed E-state index contributed by atoms with van der Waals surface area (Å²) in [6.45, 7) is 3.42. The first-order chi connectivity index (χ1) is 9.25. The fraction of sp³-hybridized carbons (Fsp3) is 0.417. The lowest BCUT2D eigenvalue weighted by Gasteiger charge is -2.32. The van der Waals surface area contributed by atoms with Crippen LogP contribution in [0.1, 0.15) is 12.5 Å². The molecule has 1 saturated heterocycles. The van der Waals surface area contributed by atoms with Crippen molar-refractivity contribution in [2.24, 2.45) is 0 Å². The van der Waals surface area contributed by atoms with Crippen LogP contribution in [0.3, 0.4) is 0 Å². The molecule has 1 aliphatic heterocycles. The Balaban J connectivity index is 2.50. The van der Waals surface area contributed by atoms with Crippen LogP contribution in [-0.4, -0.2) is 37.8 Å². The fourth-order valence-corrected chi connectivity index (χ4v) is 4.00. The zero-order chi connectivity index (χ0) is 15.1. The number of anilines is 1. The lowest BCUT2D eigenvalue weighted by molar-refractivity contribution is -0.126. The van der Waals surface area contributed by atoms with Gasteiger partial charge in [0.2, 0.25) is 15.9 Å². The molecule has 0 aromatic heterocycles. The summed E-state index contributed by atoms with van der Waals surface area (Å²) >= 11 is 0. The van der Waals surface area contributed by atoms with Crippen molar-refractivity contribution >= 4 is 21.6 Å². The number of hydrogen-bond donors (Lipinski definition) is 2. The van der Waals surface area contributed by atoms with E-state index in [4.69, 9.17) is 5.73 Å². The molecular weight excluding hydrogens is 285 g/mol. The summed E-state index contributed by atoms with van der Waals surface area (Å²) < 4.78 is 39.6. The highest BCUT2D eigenvalue weighted by molar-refractivity contribution is 7.89. The average Bonchev–Trinajstić information content (AvgIpc) is 2.36. The van der Waals surface area contributed by atoms with E-state index >= 15 is 0 Å². The molecule has 6 nitrogen and oxygen atoms in total. The smallest absolute Gasteiger partial charge is 0.244 e. The molecule has 0 spiro atoms. The number of benzene rings is 1. The van der Waals surface area contributed by atoms with Gasteiger partial charge in [-0.05, 0) is 31.5 Å². The highest BCUT2D eigenvalue weighted by Gasteiger charge is 2.36. The molecule has 3 N–H and O–H groups in total. The Morgan fingerprint density at radius 1 is 1.45 bits per heavy atom. The van der Waals surface area contributed by atoms with Crippen LogP contribution < -0.4 is 11.1 Å². The second kappa shape index (κ2) is 5.02. The Morgan fingerprint density at radius 3 is 2.75 bits per heavy atom. The quantitative estimate of drug-likeness (QED) is 0.765. The number of rotatable bonds is 2. The third-order valence-electron chi connectivity index (χ3n) is 3.32. The second-order valence-electron chi connectivity index (χ2n) is 4.72. The number of aryl methyl sites for hydroxylation is 1. The van der Waals surface area contributed by atoms with Crippen LogP contribution in [0.15, 0.2) is 17.0 Å². The fourth-order valence-electron chi connectivity index (χ4n) is 2.16. The molecule has 8 heteroatoms. The topological polar surface area (TPSA) is 92.5 Å². The van der Waals surface area contributed by atoms with Gasteiger partial charge in [0.05, 0.1) is 10.6 Å². The Morgan fingerprint density at radius 2 is 2.10 bits per heavy atom. The summed E-state index contributed by atoms with van der Waals surface area (Å²) in [4.78, 5) is 11.5. The first-order valence-corrected chi connectivity index (χ1v) is 7.54. The molecule has 110 valence electrons. The first-order valence-electron chi connectivity index (χ1n) is 6.10. The third-order valence-corrected chi connectivity index (χ3v) is 5.44. The number of carbonyl (C=O) groups is 1. The Bertz CT molecular complexity index is 660. The SMILES string of the molecule is Cc1cc(F)c(N)cc1S(=O)(=O)N1CCNC(=O)C1C. The number of amides is 1. The molecule has 1 fully saturated rings. The maximum absolute atomic E-state index is 13.3. The number of piperazine rings is 1. The molecule has 0 saturated carbocycles. The van der Waals surface area contributed by atoms with Crippen LogP contribution in [0.25, 0.3) is 0 Å². The number of nitrogen functional groups attached to an aromatic ring is 1. The molecule has 0 aliphatic carbocycles. The minimum Gasteiger partial charge on any atom is -0.396 e. The lowest BCUT2D eigenvalue weighted by atomic mass is 10.2. The van der Waals surface area contributed by atoms with E-state index in [1.807, 2.05) is 0 Å². The van der Waals surface area contributed by atoms with Crippen LogP contribution in [0, 0.1) is 12.7 Å². The predicted octanol–water partition coefficient (Wildman–Crippen LogP) is 0.225. The van der Waals surface area contributed by atoms with E-state index in [0.29, 0.717) is 0 Å². The number of nitrogens with two attached hydrogens (primary N) is 1. The monoisotopic (exact) mass is 301 g/mol. The summed E-state index contributed by atoms with van der Waals surface area (Å²) in [5, 5.41) is 2.59. The van der Waals surface area contributed by atoms with Gasteiger partial charge in [-0.25, -0.2) is 12.8 Å². The lowest BCUT2D eigenvalue weighted by Crippen LogP contribution is -2.55. The van der Waals surface area contributed by atoms with Gasteiger partial charge in [-0.15, -0.1) is 0 Å². The van der Waals surface area contributed by atoms with Crippen molar-refractivity contribution < 1.29 is 17.6 Å². The van der Waals surface area contributed by atoms with E-state index in [1.54, 1.807) is 0 Å². The molecule has 1 amide bonds. The molecule has 2 rings (SSSR count). The average molecular weight is 301 g/mol. The molecule has 1 aromatic carbocycles.